The van der Waals surface area contributed by atoms with Gasteiger partial charge in [-0.05, 0) is 42.7 Å². The molecule has 1 aromatic carbocycles. The van der Waals surface area contributed by atoms with E-state index < -0.39 is 0 Å². The maximum atomic E-state index is 12.9. The Balaban J connectivity index is 1.83. The molecule has 0 radical (unpaired) electrons. The summed E-state index contributed by atoms with van der Waals surface area (Å²) in [4.78, 5) is 18.8. The summed E-state index contributed by atoms with van der Waals surface area (Å²) in [6, 6.07) is 13.5. The zero-order valence-corrected chi connectivity index (χ0v) is 14.6. The second-order valence-electron chi connectivity index (χ2n) is 6.08. The van der Waals surface area contributed by atoms with Gasteiger partial charge in [-0.1, -0.05) is 30.3 Å². The van der Waals surface area contributed by atoms with Gasteiger partial charge in [0.25, 0.3) is 5.91 Å². The summed E-state index contributed by atoms with van der Waals surface area (Å²) < 4.78 is 0. The number of aromatic nitrogens is 1. The molecule has 132 valence electrons. The minimum absolute atomic E-state index is 0.0648. The van der Waals surface area contributed by atoms with Crippen molar-refractivity contribution in [2.45, 2.75) is 19.4 Å². The SMILES string of the molecule is C=NN/C(=C\C(=N)C(=O)N1CCc2ccccc2[C@H]1C)c1ccccn1. The normalized spacial score (nSPS) is 16.6. The minimum atomic E-state index is -0.314. The monoisotopic (exact) mass is 347 g/mol. The number of pyridine rings is 1. The fourth-order valence-corrected chi connectivity index (χ4v) is 3.18. The highest BCUT2D eigenvalue weighted by atomic mass is 16.2. The maximum absolute atomic E-state index is 12.9. The number of nitrogens with zero attached hydrogens (tertiary/aromatic N) is 3. The summed E-state index contributed by atoms with van der Waals surface area (Å²) in [5, 5.41) is 11.9. The van der Waals surface area contributed by atoms with Crippen LogP contribution >= 0.6 is 0 Å². The smallest absolute Gasteiger partial charge is 0.272 e. The van der Waals surface area contributed by atoms with Crippen molar-refractivity contribution in [1.29, 1.82) is 5.41 Å². The third-order valence-corrected chi connectivity index (χ3v) is 4.52. The van der Waals surface area contributed by atoms with Crippen molar-refractivity contribution in [3.05, 3.63) is 71.6 Å². The Kier molecular flexibility index (Phi) is 5.22. The molecule has 26 heavy (non-hydrogen) atoms. The third kappa shape index (κ3) is 3.54. The van der Waals surface area contributed by atoms with Gasteiger partial charge in [0.05, 0.1) is 17.4 Å². The largest absolute Gasteiger partial charge is 0.330 e. The van der Waals surface area contributed by atoms with Gasteiger partial charge >= 0.3 is 0 Å². The lowest BCUT2D eigenvalue weighted by molar-refractivity contribution is -0.126. The van der Waals surface area contributed by atoms with Crippen molar-refractivity contribution in [2.24, 2.45) is 5.10 Å². The number of fused-ring (bicyclic) bond motifs is 1. The van der Waals surface area contributed by atoms with Crippen molar-refractivity contribution in [3.8, 4) is 0 Å². The van der Waals surface area contributed by atoms with Gasteiger partial charge < -0.3 is 4.90 Å². The maximum Gasteiger partial charge on any atom is 0.272 e. The van der Waals surface area contributed by atoms with Gasteiger partial charge in [0, 0.05) is 19.5 Å². The Labute approximate surface area is 152 Å². The number of rotatable bonds is 5. The molecule has 2 heterocycles. The van der Waals surface area contributed by atoms with Gasteiger partial charge in [0.15, 0.2) is 0 Å². The number of carbonyl (C=O) groups excluding carboxylic acids is 1. The quantitative estimate of drug-likeness (QED) is 0.644. The predicted molar refractivity (Wildman–Crippen MR) is 103 cm³/mol. The molecule has 1 aliphatic rings. The lowest BCUT2D eigenvalue weighted by atomic mass is 9.93. The lowest BCUT2D eigenvalue weighted by Gasteiger charge is -2.35. The fourth-order valence-electron chi connectivity index (χ4n) is 3.18. The summed E-state index contributed by atoms with van der Waals surface area (Å²) in [5.74, 6) is -0.314. The molecule has 6 nitrogen and oxygen atoms in total. The van der Waals surface area contributed by atoms with Crippen molar-refractivity contribution >= 4 is 24.0 Å². The summed E-state index contributed by atoms with van der Waals surface area (Å²) in [6.45, 7) is 6.00. The Morgan fingerprint density at radius 2 is 2.12 bits per heavy atom. The first kappa shape index (κ1) is 17.5. The molecular weight excluding hydrogens is 326 g/mol. The van der Waals surface area contributed by atoms with Crippen molar-refractivity contribution in [1.82, 2.24) is 15.3 Å². The van der Waals surface area contributed by atoms with E-state index in [1.165, 1.54) is 11.6 Å². The van der Waals surface area contributed by atoms with Gasteiger partial charge in [0.2, 0.25) is 0 Å². The van der Waals surface area contributed by atoms with E-state index in [9.17, 15) is 4.79 Å². The average molecular weight is 347 g/mol. The van der Waals surface area contributed by atoms with Crippen LogP contribution in [-0.2, 0) is 11.2 Å². The second kappa shape index (κ2) is 7.74. The van der Waals surface area contributed by atoms with E-state index in [1.807, 2.05) is 31.2 Å². The molecule has 2 aromatic rings. The van der Waals surface area contributed by atoms with Crippen molar-refractivity contribution in [2.75, 3.05) is 6.54 Å². The highest BCUT2D eigenvalue weighted by Gasteiger charge is 2.28. The first-order valence-corrected chi connectivity index (χ1v) is 8.44. The number of carbonyl (C=O) groups is 1. The van der Waals surface area contributed by atoms with Gasteiger partial charge in [0.1, 0.15) is 5.71 Å². The molecule has 0 unspecified atom stereocenters. The first-order valence-electron chi connectivity index (χ1n) is 8.44. The highest BCUT2D eigenvalue weighted by molar-refractivity contribution is 6.43. The Hall–Kier alpha value is -3.28. The lowest BCUT2D eigenvalue weighted by Crippen LogP contribution is -2.42. The summed E-state index contributed by atoms with van der Waals surface area (Å²) in [7, 11) is 0. The van der Waals surface area contributed by atoms with Crippen LogP contribution in [0.2, 0.25) is 0 Å². The number of amides is 1. The van der Waals surface area contributed by atoms with Crippen LogP contribution in [0.5, 0.6) is 0 Å². The highest BCUT2D eigenvalue weighted by Crippen LogP contribution is 2.29. The zero-order valence-electron chi connectivity index (χ0n) is 14.6. The molecule has 0 saturated carbocycles. The van der Waals surface area contributed by atoms with Crippen LogP contribution in [0.25, 0.3) is 5.70 Å². The fraction of sp³-hybridized carbons (Fsp3) is 0.200. The number of hydrazone groups is 1. The summed E-state index contributed by atoms with van der Waals surface area (Å²) in [6.07, 6.45) is 3.89. The van der Waals surface area contributed by atoms with Gasteiger partial charge in [-0.2, -0.15) is 5.10 Å². The Morgan fingerprint density at radius 1 is 1.35 bits per heavy atom. The molecule has 3 rings (SSSR count). The van der Waals surface area contributed by atoms with Crippen LogP contribution in [0, 0.1) is 5.41 Å². The molecule has 0 bridgehead atoms. The van der Waals surface area contributed by atoms with E-state index in [0.717, 1.165) is 12.0 Å². The van der Waals surface area contributed by atoms with Crippen molar-refractivity contribution < 1.29 is 4.79 Å². The molecule has 1 atom stereocenters. The van der Waals surface area contributed by atoms with Crippen LogP contribution in [0.1, 0.15) is 29.8 Å². The molecular formula is C20H21N5O. The summed E-state index contributed by atoms with van der Waals surface area (Å²) >= 11 is 0. The van der Waals surface area contributed by atoms with E-state index in [0.29, 0.717) is 17.9 Å². The van der Waals surface area contributed by atoms with E-state index in [-0.39, 0.29) is 17.7 Å². The van der Waals surface area contributed by atoms with E-state index in [1.54, 1.807) is 23.2 Å². The van der Waals surface area contributed by atoms with Crippen LogP contribution in [0.3, 0.4) is 0 Å². The molecule has 0 saturated heterocycles. The van der Waals surface area contributed by atoms with Gasteiger partial charge in [-0.3, -0.25) is 20.6 Å². The molecule has 1 aliphatic heterocycles. The Bertz CT molecular complexity index is 860. The van der Waals surface area contributed by atoms with Crippen LogP contribution in [-0.4, -0.2) is 34.8 Å². The molecule has 1 amide bonds. The summed E-state index contributed by atoms with van der Waals surface area (Å²) in [5.41, 5.74) is 6.05. The number of hydrogen-bond acceptors (Lipinski definition) is 5. The van der Waals surface area contributed by atoms with Gasteiger partial charge in [-0.25, -0.2) is 0 Å². The number of benzene rings is 1. The van der Waals surface area contributed by atoms with E-state index in [2.05, 4.69) is 28.3 Å². The van der Waals surface area contributed by atoms with Crippen LogP contribution in [0.4, 0.5) is 0 Å². The standard InChI is InChI=1S/C20H21N5O/c1-14-16-8-4-3-7-15(16)10-12-25(14)20(26)17(21)13-19(24-22-2)18-9-5-6-11-23-18/h3-9,11,13-14,21,24H,2,10,12H2,1H3/b19-13-,21-17?/t14-/m1/s1. The minimum Gasteiger partial charge on any atom is -0.330 e. The topological polar surface area (TPSA) is 81.4 Å². The second-order valence-corrected chi connectivity index (χ2v) is 6.08. The van der Waals surface area contributed by atoms with E-state index in [4.69, 9.17) is 5.41 Å². The molecule has 0 aliphatic carbocycles. The van der Waals surface area contributed by atoms with Crippen LogP contribution in [0.15, 0.2) is 59.8 Å². The van der Waals surface area contributed by atoms with Crippen molar-refractivity contribution in [3.63, 3.8) is 0 Å². The average Bonchev–Trinajstić information content (AvgIpc) is 2.68. The zero-order chi connectivity index (χ0) is 18.5. The molecule has 2 N–H and O–H groups in total. The van der Waals surface area contributed by atoms with Gasteiger partial charge in [-0.15, -0.1) is 0 Å². The molecule has 0 fully saturated rings. The molecule has 1 aromatic heterocycles. The third-order valence-electron chi connectivity index (χ3n) is 4.52. The van der Waals surface area contributed by atoms with E-state index >= 15 is 0 Å². The van der Waals surface area contributed by atoms with Crippen LogP contribution < -0.4 is 5.43 Å². The number of hydrogen-bond donors (Lipinski definition) is 2. The molecule has 6 heteroatoms. The number of nitrogens with one attached hydrogen (secondary N) is 2. The Morgan fingerprint density at radius 3 is 2.85 bits per heavy atom. The molecule has 0 spiro atoms. The first-order chi connectivity index (χ1) is 12.6. The predicted octanol–water partition coefficient (Wildman–Crippen LogP) is 2.79.